The summed E-state index contributed by atoms with van der Waals surface area (Å²) in [6, 6.07) is 0. The zero-order valence-corrected chi connectivity index (χ0v) is 23.5. The van der Waals surface area contributed by atoms with E-state index in [1.165, 1.54) is 77.0 Å². The summed E-state index contributed by atoms with van der Waals surface area (Å²) in [4.78, 5) is 0. The summed E-state index contributed by atoms with van der Waals surface area (Å²) < 4.78 is 0. The molecule has 4 aliphatic carbocycles. The van der Waals surface area contributed by atoms with E-state index in [0.717, 1.165) is 86.9 Å². The average Bonchev–Trinajstić information content (AvgIpc) is 2.89. The first kappa shape index (κ1) is 28.1. The van der Waals surface area contributed by atoms with Crippen LogP contribution < -0.4 is 0 Å². The van der Waals surface area contributed by atoms with Crippen LogP contribution in [0.15, 0.2) is 0 Å². The monoisotopic (exact) mass is 494 g/mol. The minimum Gasteiger partial charge on any atom is -0.378 e. The summed E-state index contributed by atoms with van der Waals surface area (Å²) in [6.45, 7) is 4.62. The molecule has 0 heterocycles. The molecule has 0 amide bonds. The number of hydrogen-bond acceptors (Lipinski definition) is 2. The van der Waals surface area contributed by atoms with Crippen molar-refractivity contribution in [3.8, 4) is 23.7 Å². The Morgan fingerprint density at radius 2 is 0.806 bits per heavy atom. The van der Waals surface area contributed by atoms with Crippen LogP contribution in [0, 0.1) is 59.2 Å². The molecule has 0 spiro atoms. The molecule has 0 aromatic carbocycles. The average molecular weight is 495 g/mol. The smallest absolute Gasteiger partial charge is 0.126 e. The molecule has 0 saturated heterocycles. The standard InChI is InChI=1S/C34H54O2/c1-3-7-27-9-13-29(14-10-27)31-17-23-33(35,24-18-31)21-5-6-22-34(36)25-19-32(20-26-34)30-15-11-28(8-4-2)12-16-30/h27-32,35-36H,3-4,7-20,23-26H2,1-2H3. The molecular formula is C34H54O2. The van der Waals surface area contributed by atoms with Gasteiger partial charge >= 0.3 is 0 Å². The Labute approximate surface area is 222 Å². The SMILES string of the molecule is CCCC1CCC(C2CCC(O)(C#CC#CC3(O)CCC(C4CCC(CCC)CC4)CC3)CC2)CC1. The van der Waals surface area contributed by atoms with E-state index < -0.39 is 11.2 Å². The molecule has 0 atom stereocenters. The van der Waals surface area contributed by atoms with Crippen molar-refractivity contribution in [1.29, 1.82) is 0 Å². The summed E-state index contributed by atoms with van der Waals surface area (Å²) in [7, 11) is 0. The second kappa shape index (κ2) is 13.2. The molecule has 2 nitrogen and oxygen atoms in total. The van der Waals surface area contributed by atoms with Gasteiger partial charge in [-0.2, -0.15) is 0 Å². The van der Waals surface area contributed by atoms with Crippen LogP contribution in [-0.2, 0) is 0 Å². The van der Waals surface area contributed by atoms with E-state index in [2.05, 4.69) is 37.5 Å². The molecule has 202 valence electrons. The van der Waals surface area contributed by atoms with Crippen LogP contribution in [0.3, 0.4) is 0 Å². The van der Waals surface area contributed by atoms with Gasteiger partial charge in [-0.25, -0.2) is 0 Å². The van der Waals surface area contributed by atoms with E-state index in [1.807, 2.05) is 0 Å². The van der Waals surface area contributed by atoms with Crippen molar-refractivity contribution in [2.75, 3.05) is 0 Å². The summed E-state index contributed by atoms with van der Waals surface area (Å²) >= 11 is 0. The van der Waals surface area contributed by atoms with Gasteiger partial charge in [-0.3, -0.25) is 0 Å². The molecule has 0 aromatic heterocycles. The Morgan fingerprint density at radius 1 is 0.500 bits per heavy atom. The zero-order valence-electron chi connectivity index (χ0n) is 23.5. The number of aliphatic hydroxyl groups is 2. The fourth-order valence-electron chi connectivity index (χ4n) is 8.44. The molecule has 0 unspecified atom stereocenters. The van der Waals surface area contributed by atoms with Gasteiger partial charge in [-0.1, -0.05) is 77.1 Å². The van der Waals surface area contributed by atoms with Gasteiger partial charge in [0.1, 0.15) is 11.2 Å². The molecule has 0 aromatic rings. The van der Waals surface area contributed by atoms with Gasteiger partial charge in [0.2, 0.25) is 0 Å². The summed E-state index contributed by atoms with van der Waals surface area (Å²) in [6.07, 6.45) is 24.3. The molecule has 0 aliphatic heterocycles. The van der Waals surface area contributed by atoms with Gasteiger partial charge in [0.15, 0.2) is 0 Å². The topological polar surface area (TPSA) is 40.5 Å². The Bertz CT molecular complexity index is 707. The minimum atomic E-state index is -0.874. The van der Waals surface area contributed by atoms with Crippen molar-refractivity contribution in [3.05, 3.63) is 0 Å². The highest BCUT2D eigenvalue weighted by atomic mass is 16.3. The van der Waals surface area contributed by atoms with Crippen LogP contribution in [0.5, 0.6) is 0 Å². The maximum atomic E-state index is 11.0. The third kappa shape index (κ3) is 7.78. The van der Waals surface area contributed by atoms with Crippen LogP contribution in [0.25, 0.3) is 0 Å². The van der Waals surface area contributed by atoms with Crippen LogP contribution in [0.4, 0.5) is 0 Å². The zero-order chi connectivity index (χ0) is 25.4. The largest absolute Gasteiger partial charge is 0.378 e. The molecule has 0 radical (unpaired) electrons. The van der Waals surface area contributed by atoms with Gasteiger partial charge < -0.3 is 10.2 Å². The summed E-state index contributed by atoms with van der Waals surface area (Å²) in [5, 5.41) is 22.1. The first-order chi connectivity index (χ1) is 17.4. The van der Waals surface area contributed by atoms with Crippen LogP contribution in [0.1, 0.15) is 142 Å². The predicted octanol–water partition coefficient (Wildman–Crippen LogP) is 8.05. The highest BCUT2D eigenvalue weighted by Crippen LogP contribution is 2.44. The minimum absolute atomic E-state index is 0.776. The fourth-order valence-corrected chi connectivity index (χ4v) is 8.44. The molecule has 2 N–H and O–H groups in total. The lowest BCUT2D eigenvalue weighted by Crippen LogP contribution is -2.35. The first-order valence-corrected chi connectivity index (χ1v) is 15.9. The van der Waals surface area contributed by atoms with E-state index in [4.69, 9.17) is 0 Å². The Hall–Kier alpha value is -0.960. The lowest BCUT2D eigenvalue weighted by molar-refractivity contribution is 0.0250. The van der Waals surface area contributed by atoms with Gasteiger partial charge in [-0.15, -0.1) is 0 Å². The molecule has 4 rings (SSSR count). The molecular weight excluding hydrogens is 440 g/mol. The molecule has 4 saturated carbocycles. The summed E-state index contributed by atoms with van der Waals surface area (Å²) in [5.74, 6) is 17.3. The van der Waals surface area contributed by atoms with Crippen LogP contribution in [-0.4, -0.2) is 21.4 Å². The van der Waals surface area contributed by atoms with E-state index in [9.17, 15) is 10.2 Å². The van der Waals surface area contributed by atoms with Gasteiger partial charge in [0.25, 0.3) is 0 Å². The predicted molar refractivity (Wildman–Crippen MR) is 150 cm³/mol. The second-order valence-corrected chi connectivity index (χ2v) is 13.4. The van der Waals surface area contributed by atoms with Crippen molar-refractivity contribution in [1.82, 2.24) is 0 Å². The van der Waals surface area contributed by atoms with E-state index in [-0.39, 0.29) is 0 Å². The Kier molecular flexibility index (Phi) is 10.3. The Balaban J connectivity index is 1.19. The van der Waals surface area contributed by atoms with Gasteiger partial charge in [0.05, 0.1) is 0 Å². The summed E-state index contributed by atoms with van der Waals surface area (Å²) in [5.41, 5.74) is -1.75. The number of rotatable bonds is 6. The normalized spacial score (nSPS) is 41.4. The molecule has 4 aliphatic rings. The maximum Gasteiger partial charge on any atom is 0.126 e. The van der Waals surface area contributed by atoms with Crippen molar-refractivity contribution < 1.29 is 10.2 Å². The van der Waals surface area contributed by atoms with Crippen LogP contribution in [0.2, 0.25) is 0 Å². The maximum absolute atomic E-state index is 11.0. The van der Waals surface area contributed by atoms with Crippen molar-refractivity contribution in [2.45, 2.75) is 153 Å². The number of hydrogen-bond donors (Lipinski definition) is 2. The van der Waals surface area contributed by atoms with Gasteiger partial charge in [-0.05, 0) is 124 Å². The highest BCUT2D eigenvalue weighted by molar-refractivity contribution is 5.33. The van der Waals surface area contributed by atoms with E-state index >= 15 is 0 Å². The molecule has 4 fully saturated rings. The third-order valence-corrected chi connectivity index (χ3v) is 10.9. The van der Waals surface area contributed by atoms with Gasteiger partial charge in [0, 0.05) is 0 Å². The highest BCUT2D eigenvalue weighted by Gasteiger charge is 2.37. The quantitative estimate of drug-likeness (QED) is 0.367. The third-order valence-electron chi connectivity index (χ3n) is 10.9. The Morgan fingerprint density at radius 3 is 1.11 bits per heavy atom. The van der Waals surface area contributed by atoms with Crippen molar-refractivity contribution in [3.63, 3.8) is 0 Å². The second-order valence-electron chi connectivity index (χ2n) is 13.4. The van der Waals surface area contributed by atoms with Crippen molar-refractivity contribution in [2.24, 2.45) is 35.5 Å². The molecule has 36 heavy (non-hydrogen) atoms. The van der Waals surface area contributed by atoms with Crippen molar-refractivity contribution >= 4 is 0 Å². The lowest BCUT2D eigenvalue weighted by Gasteiger charge is -2.39. The first-order valence-electron chi connectivity index (χ1n) is 15.9. The molecule has 0 bridgehead atoms. The lowest BCUT2D eigenvalue weighted by atomic mass is 9.68. The van der Waals surface area contributed by atoms with Crippen LogP contribution >= 0.6 is 0 Å². The van der Waals surface area contributed by atoms with E-state index in [1.54, 1.807) is 0 Å². The van der Waals surface area contributed by atoms with E-state index in [0.29, 0.717) is 0 Å². The fraction of sp³-hybridized carbons (Fsp3) is 0.882. The molecule has 2 heteroatoms.